The van der Waals surface area contributed by atoms with Gasteiger partial charge in [-0.25, -0.2) is 0 Å². The molecule has 0 spiro atoms. The Morgan fingerprint density at radius 1 is 1.00 bits per heavy atom. The molecule has 19 heavy (non-hydrogen) atoms. The maximum absolute atomic E-state index is 6.46. The minimum absolute atomic E-state index is 0.0684. The molecule has 0 saturated heterocycles. The van der Waals surface area contributed by atoms with Gasteiger partial charge < -0.3 is 0 Å². The molecule has 0 aromatic rings. The predicted molar refractivity (Wildman–Crippen MR) is 88.4 cm³/mol. The normalized spacial score (nSPS) is 48.5. The molecule has 0 aromatic heterocycles. The zero-order chi connectivity index (χ0) is 14.8. The summed E-state index contributed by atoms with van der Waals surface area (Å²) in [4.78, 5) is -1.89. The van der Waals surface area contributed by atoms with Crippen LogP contribution < -0.4 is 0 Å². The molecule has 0 amide bonds. The summed E-state index contributed by atoms with van der Waals surface area (Å²) >= 11 is 56.7. The van der Waals surface area contributed by atoms with E-state index in [0.29, 0.717) is 6.42 Å². The Bertz CT molecular complexity index is 370. The van der Waals surface area contributed by atoms with Crippen LogP contribution in [-0.4, -0.2) is 30.6 Å². The van der Waals surface area contributed by atoms with Gasteiger partial charge in [-0.1, -0.05) is 0 Å². The fourth-order valence-electron chi connectivity index (χ4n) is 3.68. The summed E-state index contributed by atoms with van der Waals surface area (Å²) in [6.45, 7) is 0. The van der Waals surface area contributed by atoms with E-state index in [1.807, 2.05) is 0 Å². The van der Waals surface area contributed by atoms with Gasteiger partial charge in [0.2, 0.25) is 0 Å². The number of hydrogen-bond acceptors (Lipinski definition) is 0. The van der Waals surface area contributed by atoms with Gasteiger partial charge in [0.15, 0.2) is 0 Å². The molecule has 0 aliphatic heterocycles. The first-order chi connectivity index (χ1) is 8.61. The Morgan fingerprint density at radius 3 is 1.84 bits per heavy atom. The summed E-state index contributed by atoms with van der Waals surface area (Å²) in [5.41, 5.74) is -2.12. The number of rotatable bonds is 3. The van der Waals surface area contributed by atoms with Crippen molar-refractivity contribution in [3.8, 4) is 0 Å². The molecule has 2 aliphatic carbocycles. The van der Waals surface area contributed by atoms with E-state index in [9.17, 15) is 0 Å². The van der Waals surface area contributed by atoms with Gasteiger partial charge in [0.05, 0.1) is 16.2 Å². The van der Waals surface area contributed by atoms with Gasteiger partial charge in [-0.05, 0) is 12.3 Å². The minimum atomic E-state index is -1.29. The topological polar surface area (TPSA) is 0 Å². The lowest BCUT2D eigenvalue weighted by Crippen LogP contribution is -2.58. The third-order valence-corrected chi connectivity index (χ3v) is 8.71. The summed E-state index contributed by atoms with van der Waals surface area (Å²) in [5, 5.41) is -1.13. The second-order valence-electron chi connectivity index (χ2n) is 5.01. The van der Waals surface area contributed by atoms with Crippen LogP contribution in [0.5, 0.6) is 0 Å². The average Bonchev–Trinajstić information content (AvgIpc) is 2.62. The standard InChI is InChI=1S/C10H9Cl9/c11-2-8(6(14)15)3-1-9(18,19)10(8,7(16)17)5(13)4(3)12/h3-7H,1-2H2/t3-,4+,5-,8?,10-/m0/s1. The molecular weight excluding hydrogens is 439 g/mol. The van der Waals surface area contributed by atoms with E-state index in [4.69, 9.17) is 104 Å². The Labute approximate surface area is 157 Å². The third-order valence-electron chi connectivity index (χ3n) is 4.57. The maximum Gasteiger partial charge on any atom is 0.129 e. The van der Waals surface area contributed by atoms with Crippen molar-refractivity contribution in [3.05, 3.63) is 0 Å². The highest BCUT2D eigenvalue weighted by molar-refractivity contribution is 6.54. The van der Waals surface area contributed by atoms with Crippen LogP contribution in [0.4, 0.5) is 0 Å². The van der Waals surface area contributed by atoms with E-state index in [2.05, 4.69) is 0 Å². The van der Waals surface area contributed by atoms with E-state index >= 15 is 0 Å². The van der Waals surface area contributed by atoms with Crippen LogP contribution >= 0.6 is 104 Å². The van der Waals surface area contributed by atoms with Gasteiger partial charge in [-0.3, -0.25) is 0 Å². The van der Waals surface area contributed by atoms with E-state index in [0.717, 1.165) is 0 Å². The molecule has 0 heterocycles. The monoisotopic (exact) mass is 444 g/mol. The highest BCUT2D eigenvalue weighted by Gasteiger charge is 2.84. The molecule has 2 bridgehead atoms. The summed E-state index contributed by atoms with van der Waals surface area (Å²) in [6.07, 6.45) is 0.339. The molecule has 2 saturated carbocycles. The average molecular weight is 448 g/mol. The summed E-state index contributed by atoms with van der Waals surface area (Å²) in [6, 6.07) is 0. The van der Waals surface area contributed by atoms with Crippen molar-refractivity contribution in [2.24, 2.45) is 16.7 Å². The summed E-state index contributed by atoms with van der Waals surface area (Å²) < 4.78 is -1.29. The molecule has 2 aliphatic rings. The Morgan fingerprint density at radius 2 is 1.53 bits per heavy atom. The molecule has 2 fully saturated rings. The van der Waals surface area contributed by atoms with Gasteiger partial charge in [0.25, 0.3) is 0 Å². The summed E-state index contributed by atoms with van der Waals surface area (Å²) in [7, 11) is 0. The van der Waals surface area contributed by atoms with Crippen molar-refractivity contribution in [2.45, 2.75) is 31.2 Å². The molecule has 1 unspecified atom stereocenters. The molecule has 5 atom stereocenters. The SMILES string of the molecule is ClCC1(C(Cl)Cl)[C@H]2CC(Cl)(Cl)[C@]1(C(Cl)Cl)[C@@H](Cl)[C@@H]2Cl. The number of halogens is 9. The summed E-state index contributed by atoms with van der Waals surface area (Å²) in [5.74, 6) is -0.192. The van der Waals surface area contributed by atoms with Gasteiger partial charge in [0, 0.05) is 11.3 Å². The number of fused-ring (bicyclic) bond motifs is 2. The Kier molecular flexibility index (Phi) is 5.30. The molecule has 0 radical (unpaired) electrons. The van der Waals surface area contributed by atoms with Crippen molar-refractivity contribution in [3.63, 3.8) is 0 Å². The van der Waals surface area contributed by atoms with E-state index in [1.54, 1.807) is 0 Å². The first-order valence-electron chi connectivity index (χ1n) is 5.39. The van der Waals surface area contributed by atoms with Crippen LogP contribution in [0.15, 0.2) is 0 Å². The maximum atomic E-state index is 6.46. The minimum Gasteiger partial charge on any atom is -0.126 e. The zero-order valence-electron chi connectivity index (χ0n) is 9.20. The number of hydrogen-bond donors (Lipinski definition) is 0. The van der Waals surface area contributed by atoms with Gasteiger partial charge in [0.1, 0.15) is 14.0 Å². The van der Waals surface area contributed by atoms with Crippen LogP contribution in [0.3, 0.4) is 0 Å². The first-order valence-corrected chi connectivity index (χ1v) is 9.30. The fourth-order valence-corrected chi connectivity index (χ4v) is 9.10. The van der Waals surface area contributed by atoms with Crippen molar-refractivity contribution >= 4 is 104 Å². The van der Waals surface area contributed by atoms with Crippen molar-refractivity contribution in [1.82, 2.24) is 0 Å². The van der Waals surface area contributed by atoms with Gasteiger partial charge in [-0.2, -0.15) is 0 Å². The quantitative estimate of drug-likeness (QED) is 0.450. The van der Waals surface area contributed by atoms with Crippen molar-refractivity contribution in [2.75, 3.05) is 5.88 Å². The zero-order valence-corrected chi connectivity index (χ0v) is 16.0. The van der Waals surface area contributed by atoms with Crippen molar-refractivity contribution in [1.29, 1.82) is 0 Å². The Balaban J connectivity index is 2.74. The molecule has 0 aromatic carbocycles. The molecule has 2 rings (SSSR count). The highest BCUT2D eigenvalue weighted by Crippen LogP contribution is 2.79. The van der Waals surface area contributed by atoms with E-state index in [1.165, 1.54) is 0 Å². The molecular formula is C10H9Cl9. The predicted octanol–water partition coefficient (Wildman–Crippen LogP) is 6.23. The van der Waals surface area contributed by atoms with E-state index in [-0.39, 0.29) is 11.8 Å². The van der Waals surface area contributed by atoms with Crippen molar-refractivity contribution < 1.29 is 0 Å². The van der Waals surface area contributed by atoms with Gasteiger partial charge in [-0.15, -0.1) is 104 Å². The second-order valence-corrected chi connectivity index (χ2v) is 9.92. The lowest BCUT2D eigenvalue weighted by molar-refractivity contribution is 0.137. The van der Waals surface area contributed by atoms with Crippen LogP contribution in [0.25, 0.3) is 0 Å². The van der Waals surface area contributed by atoms with Crippen LogP contribution in [-0.2, 0) is 0 Å². The lowest BCUT2D eigenvalue weighted by atomic mass is 9.69. The smallest absolute Gasteiger partial charge is 0.126 e. The largest absolute Gasteiger partial charge is 0.129 e. The Hall–Kier alpha value is 2.61. The van der Waals surface area contributed by atoms with Crippen LogP contribution in [0.1, 0.15) is 6.42 Å². The molecule has 112 valence electrons. The molecule has 0 nitrogen and oxygen atoms in total. The lowest BCUT2D eigenvalue weighted by Gasteiger charge is -2.50. The first kappa shape index (κ1) is 18.0. The number of alkyl halides is 9. The van der Waals surface area contributed by atoms with E-state index < -0.39 is 35.6 Å². The van der Waals surface area contributed by atoms with Crippen LogP contribution in [0.2, 0.25) is 0 Å². The third kappa shape index (κ3) is 1.94. The second kappa shape index (κ2) is 5.60. The van der Waals surface area contributed by atoms with Gasteiger partial charge >= 0.3 is 0 Å². The molecule has 9 heteroatoms. The van der Waals surface area contributed by atoms with Crippen LogP contribution in [0, 0.1) is 16.7 Å². The fraction of sp³-hybridized carbons (Fsp3) is 1.00. The molecule has 0 N–H and O–H groups in total. The highest BCUT2D eigenvalue weighted by atomic mass is 35.5.